The van der Waals surface area contributed by atoms with Crippen LogP contribution in [0.3, 0.4) is 0 Å². The second kappa shape index (κ2) is 9.67. The summed E-state index contributed by atoms with van der Waals surface area (Å²) in [5.41, 5.74) is 0. The summed E-state index contributed by atoms with van der Waals surface area (Å²) in [6.45, 7) is 0.777. The van der Waals surface area contributed by atoms with Crippen molar-refractivity contribution in [1.29, 1.82) is 0 Å². The Morgan fingerprint density at radius 3 is 2.29 bits per heavy atom. The molecule has 0 saturated heterocycles. The minimum atomic E-state index is -1.32. The SMILES string of the molecule is CC(CF)C[C@H](NC(=O)N[C@H](C=O)CCC(=O)O)C(=O)O. The van der Waals surface area contributed by atoms with Gasteiger partial charge in [0.05, 0.1) is 12.7 Å². The highest BCUT2D eigenvalue weighted by Gasteiger charge is 2.23. The Morgan fingerprint density at radius 1 is 1.24 bits per heavy atom. The van der Waals surface area contributed by atoms with E-state index in [0.29, 0.717) is 6.29 Å². The van der Waals surface area contributed by atoms with E-state index in [1.165, 1.54) is 6.92 Å². The van der Waals surface area contributed by atoms with Gasteiger partial charge in [-0.25, -0.2) is 9.59 Å². The molecular formula is C12H19FN2O6. The number of halogens is 1. The van der Waals surface area contributed by atoms with Gasteiger partial charge < -0.3 is 25.6 Å². The Bertz CT molecular complexity index is 390. The van der Waals surface area contributed by atoms with Gasteiger partial charge in [0, 0.05) is 6.42 Å². The van der Waals surface area contributed by atoms with Crippen molar-refractivity contribution in [2.75, 3.05) is 6.67 Å². The van der Waals surface area contributed by atoms with Gasteiger partial charge in [0.25, 0.3) is 0 Å². The summed E-state index contributed by atoms with van der Waals surface area (Å²) in [7, 11) is 0. The molecule has 0 aliphatic carbocycles. The second-order valence-corrected chi connectivity index (χ2v) is 4.68. The van der Waals surface area contributed by atoms with Crippen LogP contribution in [-0.2, 0) is 14.4 Å². The molecule has 0 spiro atoms. The smallest absolute Gasteiger partial charge is 0.326 e. The van der Waals surface area contributed by atoms with E-state index in [-0.39, 0.29) is 19.3 Å². The summed E-state index contributed by atoms with van der Waals surface area (Å²) in [5, 5.41) is 21.7. The largest absolute Gasteiger partial charge is 0.481 e. The number of hydrogen-bond acceptors (Lipinski definition) is 4. The number of carbonyl (C=O) groups excluding carboxylic acids is 2. The van der Waals surface area contributed by atoms with Gasteiger partial charge in [0.15, 0.2) is 0 Å². The summed E-state index contributed by atoms with van der Waals surface area (Å²) in [6.07, 6.45) is -0.154. The lowest BCUT2D eigenvalue weighted by Gasteiger charge is -2.19. The van der Waals surface area contributed by atoms with Gasteiger partial charge in [-0.2, -0.15) is 0 Å². The topological polar surface area (TPSA) is 133 Å². The van der Waals surface area contributed by atoms with Crippen LogP contribution in [0.15, 0.2) is 0 Å². The molecule has 0 aliphatic heterocycles. The maximum Gasteiger partial charge on any atom is 0.326 e. The minimum absolute atomic E-state index is 0.0971. The van der Waals surface area contributed by atoms with E-state index in [1.54, 1.807) is 0 Å². The van der Waals surface area contributed by atoms with Crippen LogP contribution in [0.5, 0.6) is 0 Å². The van der Waals surface area contributed by atoms with E-state index in [4.69, 9.17) is 10.2 Å². The first-order valence-corrected chi connectivity index (χ1v) is 6.33. The Hall–Kier alpha value is -2.19. The molecule has 0 radical (unpaired) electrons. The molecule has 0 saturated carbocycles. The number of carboxylic acids is 2. The molecular weight excluding hydrogens is 287 g/mol. The third-order valence-electron chi connectivity index (χ3n) is 2.65. The summed E-state index contributed by atoms with van der Waals surface area (Å²) in [4.78, 5) is 43.6. The van der Waals surface area contributed by atoms with Gasteiger partial charge in [-0.1, -0.05) is 6.92 Å². The first-order chi connectivity index (χ1) is 9.79. The number of alkyl halides is 1. The van der Waals surface area contributed by atoms with Crippen LogP contribution in [0.1, 0.15) is 26.2 Å². The van der Waals surface area contributed by atoms with Crippen molar-refractivity contribution in [2.45, 2.75) is 38.3 Å². The molecule has 0 aromatic heterocycles. The normalized spacial score (nSPS) is 14.6. The summed E-state index contributed by atoms with van der Waals surface area (Å²) in [6, 6.07) is -3.24. The minimum Gasteiger partial charge on any atom is -0.481 e. The van der Waals surface area contributed by atoms with Crippen LogP contribution in [0.4, 0.5) is 9.18 Å². The molecule has 4 N–H and O–H groups in total. The van der Waals surface area contributed by atoms with Gasteiger partial charge in [-0.05, 0) is 18.8 Å². The van der Waals surface area contributed by atoms with Crippen LogP contribution in [-0.4, -0.2) is 53.2 Å². The van der Waals surface area contributed by atoms with E-state index in [9.17, 15) is 23.6 Å². The number of aldehydes is 1. The number of hydrogen-bond donors (Lipinski definition) is 4. The number of nitrogens with one attached hydrogen (secondary N) is 2. The molecule has 8 nitrogen and oxygen atoms in total. The molecule has 3 atom stereocenters. The molecule has 2 amide bonds. The maximum absolute atomic E-state index is 12.4. The molecule has 9 heteroatoms. The zero-order chi connectivity index (χ0) is 16.4. The lowest BCUT2D eigenvalue weighted by Crippen LogP contribution is -2.50. The molecule has 0 rings (SSSR count). The van der Waals surface area contributed by atoms with Gasteiger partial charge >= 0.3 is 18.0 Å². The zero-order valence-corrected chi connectivity index (χ0v) is 11.5. The van der Waals surface area contributed by atoms with Crippen molar-refractivity contribution in [3.8, 4) is 0 Å². The highest BCUT2D eigenvalue weighted by Crippen LogP contribution is 2.07. The van der Waals surface area contributed by atoms with Crippen molar-refractivity contribution in [2.24, 2.45) is 5.92 Å². The molecule has 0 aromatic carbocycles. The number of urea groups is 1. The standard InChI is InChI=1S/C12H19FN2O6/c1-7(5-13)4-9(11(19)20)15-12(21)14-8(6-16)2-3-10(17)18/h6-9H,2-5H2,1H3,(H,17,18)(H,19,20)(H2,14,15,21)/t7?,8-,9-/m0/s1. The van der Waals surface area contributed by atoms with Crippen molar-refractivity contribution in [3.63, 3.8) is 0 Å². The van der Waals surface area contributed by atoms with Gasteiger partial charge in [-0.3, -0.25) is 9.18 Å². The fourth-order valence-corrected chi connectivity index (χ4v) is 1.51. The molecule has 0 aromatic rings. The van der Waals surface area contributed by atoms with E-state index in [2.05, 4.69) is 10.6 Å². The average Bonchev–Trinajstić information content (AvgIpc) is 2.41. The fraction of sp³-hybridized carbons (Fsp3) is 0.667. The molecule has 0 fully saturated rings. The fourth-order valence-electron chi connectivity index (χ4n) is 1.51. The number of carbonyl (C=O) groups is 4. The lowest BCUT2D eigenvalue weighted by molar-refractivity contribution is -0.139. The van der Waals surface area contributed by atoms with E-state index in [0.717, 1.165) is 0 Å². The van der Waals surface area contributed by atoms with Crippen LogP contribution in [0, 0.1) is 5.92 Å². The zero-order valence-electron chi connectivity index (χ0n) is 11.5. The third kappa shape index (κ3) is 8.56. The predicted molar refractivity (Wildman–Crippen MR) is 69.6 cm³/mol. The number of carboxylic acid groups (broad SMARTS) is 2. The Morgan fingerprint density at radius 2 is 1.86 bits per heavy atom. The van der Waals surface area contributed by atoms with Crippen LogP contribution in [0.2, 0.25) is 0 Å². The summed E-state index contributed by atoms with van der Waals surface area (Å²) < 4.78 is 12.4. The maximum atomic E-state index is 12.4. The van der Waals surface area contributed by atoms with Crippen molar-refractivity contribution in [3.05, 3.63) is 0 Å². The average molecular weight is 306 g/mol. The van der Waals surface area contributed by atoms with E-state index in [1.807, 2.05) is 0 Å². The number of amides is 2. The van der Waals surface area contributed by atoms with Crippen LogP contribution in [0.25, 0.3) is 0 Å². The molecule has 0 aliphatic rings. The Labute approximate surface area is 120 Å². The Balaban J connectivity index is 4.43. The molecule has 0 heterocycles. The summed E-state index contributed by atoms with van der Waals surface area (Å²) in [5.74, 6) is -2.98. The van der Waals surface area contributed by atoms with Gasteiger partial charge in [0.2, 0.25) is 0 Å². The quantitative estimate of drug-likeness (QED) is 0.425. The monoisotopic (exact) mass is 306 g/mol. The highest BCUT2D eigenvalue weighted by atomic mass is 19.1. The first-order valence-electron chi connectivity index (χ1n) is 6.33. The second-order valence-electron chi connectivity index (χ2n) is 4.68. The molecule has 120 valence electrons. The van der Waals surface area contributed by atoms with Crippen LogP contribution >= 0.6 is 0 Å². The Kier molecular flexibility index (Phi) is 8.66. The molecule has 1 unspecified atom stereocenters. The van der Waals surface area contributed by atoms with Crippen molar-refractivity contribution >= 4 is 24.3 Å². The number of aliphatic carboxylic acids is 2. The highest BCUT2D eigenvalue weighted by molar-refractivity contribution is 5.84. The third-order valence-corrected chi connectivity index (χ3v) is 2.65. The van der Waals surface area contributed by atoms with Crippen molar-refractivity contribution in [1.82, 2.24) is 10.6 Å². The van der Waals surface area contributed by atoms with E-state index >= 15 is 0 Å². The molecule has 21 heavy (non-hydrogen) atoms. The lowest BCUT2D eigenvalue weighted by atomic mass is 10.0. The molecule has 0 bridgehead atoms. The van der Waals surface area contributed by atoms with Gasteiger partial charge in [0.1, 0.15) is 12.3 Å². The van der Waals surface area contributed by atoms with Crippen LogP contribution < -0.4 is 10.6 Å². The van der Waals surface area contributed by atoms with Crippen molar-refractivity contribution < 1.29 is 33.8 Å². The summed E-state index contributed by atoms with van der Waals surface area (Å²) >= 11 is 0. The number of rotatable bonds is 10. The van der Waals surface area contributed by atoms with Gasteiger partial charge in [-0.15, -0.1) is 0 Å². The first kappa shape index (κ1) is 18.8. The predicted octanol–water partition coefficient (Wildman–Crippen LogP) is 0.167. The van der Waals surface area contributed by atoms with E-state index < -0.39 is 42.6 Å².